The van der Waals surface area contributed by atoms with Crippen molar-refractivity contribution >= 4 is 29.0 Å². The standard InChI is InChI=1S/C19H19N5O4S/c1-12(18(25)20-13-8-10-14(11-9-13)24(26)27)29-19-22-21-17(23(19)2)15-6-4-5-7-16(15)28-3/h4-12H,1-3H3,(H,20,25)/t12-/m1/s1. The van der Waals surface area contributed by atoms with Crippen molar-refractivity contribution in [1.29, 1.82) is 0 Å². The zero-order valence-corrected chi connectivity index (χ0v) is 16.8. The van der Waals surface area contributed by atoms with Crippen LogP contribution >= 0.6 is 11.8 Å². The van der Waals surface area contributed by atoms with Crippen molar-refractivity contribution in [1.82, 2.24) is 14.8 Å². The van der Waals surface area contributed by atoms with Gasteiger partial charge in [0.05, 0.1) is 22.8 Å². The van der Waals surface area contributed by atoms with Gasteiger partial charge in [-0.3, -0.25) is 14.9 Å². The van der Waals surface area contributed by atoms with Crippen molar-refractivity contribution in [3.63, 3.8) is 0 Å². The van der Waals surface area contributed by atoms with E-state index >= 15 is 0 Å². The first-order valence-corrected chi connectivity index (χ1v) is 9.53. The van der Waals surface area contributed by atoms with Crippen LogP contribution in [0.25, 0.3) is 11.4 Å². The Morgan fingerprint density at radius 3 is 2.55 bits per heavy atom. The van der Waals surface area contributed by atoms with Gasteiger partial charge < -0.3 is 14.6 Å². The Morgan fingerprint density at radius 1 is 1.21 bits per heavy atom. The number of anilines is 1. The van der Waals surface area contributed by atoms with Gasteiger partial charge in [-0.1, -0.05) is 23.9 Å². The number of thioether (sulfide) groups is 1. The van der Waals surface area contributed by atoms with Crippen molar-refractivity contribution in [3.05, 3.63) is 58.6 Å². The second kappa shape index (κ2) is 8.74. The fourth-order valence-corrected chi connectivity index (χ4v) is 3.42. The van der Waals surface area contributed by atoms with Crippen molar-refractivity contribution < 1.29 is 14.5 Å². The number of nitro benzene ring substituents is 1. The molecular weight excluding hydrogens is 394 g/mol. The summed E-state index contributed by atoms with van der Waals surface area (Å²) in [7, 11) is 3.42. The van der Waals surface area contributed by atoms with Gasteiger partial charge in [0, 0.05) is 24.9 Å². The average Bonchev–Trinajstić information content (AvgIpc) is 3.08. The fourth-order valence-electron chi connectivity index (χ4n) is 2.60. The molecule has 0 aliphatic heterocycles. The summed E-state index contributed by atoms with van der Waals surface area (Å²) >= 11 is 1.26. The van der Waals surface area contributed by atoms with Crippen LogP contribution in [0.3, 0.4) is 0 Å². The fraction of sp³-hybridized carbons (Fsp3) is 0.211. The normalized spacial score (nSPS) is 11.7. The van der Waals surface area contributed by atoms with E-state index in [1.54, 1.807) is 18.6 Å². The lowest BCUT2D eigenvalue weighted by Crippen LogP contribution is -2.22. The molecular formula is C19H19N5O4S. The molecule has 1 heterocycles. The Labute approximate surface area is 171 Å². The molecule has 9 nitrogen and oxygen atoms in total. The second-order valence-corrected chi connectivity index (χ2v) is 7.43. The minimum Gasteiger partial charge on any atom is -0.496 e. The van der Waals surface area contributed by atoms with E-state index < -0.39 is 10.2 Å². The molecule has 3 aromatic rings. The predicted octanol–water partition coefficient (Wildman–Crippen LogP) is 3.52. The molecule has 10 heteroatoms. The number of carbonyl (C=O) groups excluding carboxylic acids is 1. The van der Waals surface area contributed by atoms with E-state index in [2.05, 4.69) is 15.5 Å². The Morgan fingerprint density at radius 2 is 1.90 bits per heavy atom. The number of nitrogens with zero attached hydrogens (tertiary/aromatic N) is 4. The van der Waals surface area contributed by atoms with Gasteiger partial charge in [-0.25, -0.2) is 0 Å². The van der Waals surface area contributed by atoms with Gasteiger partial charge in [0.2, 0.25) is 5.91 Å². The number of methoxy groups -OCH3 is 1. The zero-order chi connectivity index (χ0) is 21.0. The van der Waals surface area contributed by atoms with Gasteiger partial charge in [-0.05, 0) is 31.2 Å². The highest BCUT2D eigenvalue weighted by Gasteiger charge is 2.21. The summed E-state index contributed by atoms with van der Waals surface area (Å²) in [4.78, 5) is 22.7. The third kappa shape index (κ3) is 4.54. The molecule has 29 heavy (non-hydrogen) atoms. The summed E-state index contributed by atoms with van der Waals surface area (Å²) < 4.78 is 7.18. The molecule has 150 valence electrons. The predicted molar refractivity (Wildman–Crippen MR) is 110 cm³/mol. The van der Waals surface area contributed by atoms with Crippen molar-refractivity contribution in [2.45, 2.75) is 17.3 Å². The Balaban J connectivity index is 1.70. The molecule has 1 amide bonds. The number of benzene rings is 2. The van der Waals surface area contributed by atoms with Gasteiger partial charge in [-0.2, -0.15) is 0 Å². The quantitative estimate of drug-likeness (QED) is 0.358. The highest BCUT2D eigenvalue weighted by atomic mass is 32.2. The number of carbonyl (C=O) groups is 1. The largest absolute Gasteiger partial charge is 0.496 e. The van der Waals surface area contributed by atoms with Crippen LogP contribution in [0, 0.1) is 10.1 Å². The van der Waals surface area contributed by atoms with Crippen LogP contribution in [-0.2, 0) is 11.8 Å². The molecule has 0 saturated carbocycles. The van der Waals surface area contributed by atoms with Gasteiger partial charge in [0.1, 0.15) is 5.75 Å². The zero-order valence-electron chi connectivity index (χ0n) is 16.0. The molecule has 3 rings (SSSR count). The third-order valence-electron chi connectivity index (χ3n) is 4.18. The van der Waals surface area contributed by atoms with E-state index in [-0.39, 0.29) is 11.6 Å². The van der Waals surface area contributed by atoms with Crippen molar-refractivity contribution in [3.8, 4) is 17.1 Å². The van der Waals surface area contributed by atoms with Crippen LogP contribution in [-0.4, -0.2) is 38.0 Å². The maximum absolute atomic E-state index is 12.5. The van der Waals surface area contributed by atoms with E-state index in [1.807, 2.05) is 31.3 Å². The van der Waals surface area contributed by atoms with E-state index in [9.17, 15) is 14.9 Å². The van der Waals surface area contributed by atoms with Gasteiger partial charge in [-0.15, -0.1) is 10.2 Å². The first kappa shape index (κ1) is 20.3. The van der Waals surface area contributed by atoms with Crippen LogP contribution in [0.1, 0.15) is 6.92 Å². The molecule has 0 unspecified atom stereocenters. The summed E-state index contributed by atoms with van der Waals surface area (Å²) in [6, 6.07) is 13.2. The highest BCUT2D eigenvalue weighted by molar-refractivity contribution is 8.00. The van der Waals surface area contributed by atoms with E-state index in [4.69, 9.17) is 4.74 Å². The molecule has 0 radical (unpaired) electrons. The monoisotopic (exact) mass is 413 g/mol. The molecule has 2 aromatic carbocycles. The molecule has 0 spiro atoms. The van der Waals surface area contributed by atoms with Gasteiger partial charge in [0.15, 0.2) is 11.0 Å². The number of hydrogen-bond donors (Lipinski definition) is 1. The molecule has 0 fully saturated rings. The van der Waals surface area contributed by atoms with Crippen molar-refractivity contribution in [2.24, 2.45) is 7.05 Å². The molecule has 0 aliphatic rings. The third-order valence-corrected chi connectivity index (χ3v) is 5.31. The molecule has 0 saturated heterocycles. The van der Waals surface area contributed by atoms with Gasteiger partial charge >= 0.3 is 0 Å². The number of rotatable bonds is 7. The lowest BCUT2D eigenvalue weighted by atomic mass is 10.2. The molecule has 1 N–H and O–H groups in total. The second-order valence-electron chi connectivity index (χ2n) is 6.12. The van der Waals surface area contributed by atoms with Crippen LogP contribution in [0.5, 0.6) is 5.75 Å². The summed E-state index contributed by atoms with van der Waals surface area (Å²) in [6.07, 6.45) is 0. The first-order valence-electron chi connectivity index (χ1n) is 8.65. The number of nitrogens with one attached hydrogen (secondary N) is 1. The lowest BCUT2D eigenvalue weighted by molar-refractivity contribution is -0.384. The minimum absolute atomic E-state index is 0.0339. The smallest absolute Gasteiger partial charge is 0.269 e. The first-order chi connectivity index (χ1) is 13.9. The topological polar surface area (TPSA) is 112 Å². The number of ether oxygens (including phenoxy) is 1. The lowest BCUT2D eigenvalue weighted by Gasteiger charge is -2.12. The number of nitro groups is 1. The average molecular weight is 413 g/mol. The van der Waals surface area contributed by atoms with Crippen LogP contribution in [0.4, 0.5) is 11.4 Å². The molecule has 0 aliphatic carbocycles. The number of non-ortho nitro benzene ring substituents is 1. The summed E-state index contributed by atoms with van der Waals surface area (Å²) in [6.45, 7) is 1.75. The minimum atomic E-state index is -0.489. The number of amides is 1. The number of para-hydroxylation sites is 1. The van der Waals surface area contributed by atoms with Crippen LogP contribution < -0.4 is 10.1 Å². The maximum Gasteiger partial charge on any atom is 0.269 e. The molecule has 1 aromatic heterocycles. The van der Waals surface area contributed by atoms with Crippen LogP contribution in [0.15, 0.2) is 53.7 Å². The van der Waals surface area contributed by atoms with E-state index in [0.717, 1.165) is 5.56 Å². The molecule has 1 atom stereocenters. The Bertz CT molecular complexity index is 1040. The maximum atomic E-state index is 12.5. The van der Waals surface area contributed by atoms with Crippen LogP contribution in [0.2, 0.25) is 0 Å². The number of hydrogen-bond acceptors (Lipinski definition) is 7. The molecule has 0 bridgehead atoms. The Hall–Kier alpha value is -3.40. The van der Waals surface area contributed by atoms with E-state index in [1.165, 1.54) is 36.0 Å². The number of aromatic nitrogens is 3. The highest BCUT2D eigenvalue weighted by Crippen LogP contribution is 2.31. The SMILES string of the molecule is COc1ccccc1-c1nnc(S[C@H](C)C(=O)Nc2ccc([N+](=O)[O-])cc2)n1C. The van der Waals surface area contributed by atoms with Crippen molar-refractivity contribution in [2.75, 3.05) is 12.4 Å². The summed E-state index contributed by atoms with van der Waals surface area (Å²) in [5, 5.41) is 22.0. The summed E-state index contributed by atoms with van der Waals surface area (Å²) in [5.74, 6) is 1.07. The van der Waals surface area contributed by atoms with Gasteiger partial charge in [0.25, 0.3) is 5.69 Å². The van der Waals surface area contributed by atoms with E-state index in [0.29, 0.717) is 22.4 Å². The summed E-state index contributed by atoms with van der Waals surface area (Å²) in [5.41, 5.74) is 1.26. The Kier molecular flexibility index (Phi) is 6.13.